The Hall–Kier alpha value is -1.69. The Labute approximate surface area is 105 Å². The van der Waals surface area contributed by atoms with Crippen LogP contribution in [0.25, 0.3) is 0 Å². The molecule has 0 saturated heterocycles. The van der Waals surface area contributed by atoms with Gasteiger partial charge in [-0.25, -0.2) is 14.8 Å². The van der Waals surface area contributed by atoms with Gasteiger partial charge in [0.25, 0.3) is 0 Å². The molecule has 0 bridgehead atoms. The Balaban J connectivity index is 1.98. The molecule has 0 aromatic carbocycles. The highest BCUT2D eigenvalue weighted by Gasteiger charge is 2.26. The van der Waals surface area contributed by atoms with Crippen molar-refractivity contribution in [1.82, 2.24) is 9.97 Å². The highest BCUT2D eigenvalue weighted by molar-refractivity contribution is 5.84. The predicted octanol–water partition coefficient (Wildman–Crippen LogP) is 1.14. The van der Waals surface area contributed by atoms with Crippen LogP contribution in [0.15, 0.2) is 12.4 Å². The summed E-state index contributed by atoms with van der Waals surface area (Å²) < 4.78 is 0. The van der Waals surface area contributed by atoms with Crippen molar-refractivity contribution < 1.29 is 15.0 Å². The summed E-state index contributed by atoms with van der Waals surface area (Å²) in [6, 6.07) is 0.294. The lowest BCUT2D eigenvalue weighted by atomic mass is 10.0. The zero-order valence-corrected chi connectivity index (χ0v) is 10.0. The molecule has 1 aliphatic rings. The van der Waals surface area contributed by atoms with Crippen LogP contribution in [0.3, 0.4) is 0 Å². The van der Waals surface area contributed by atoms with E-state index in [1.165, 1.54) is 12.4 Å². The first-order valence-corrected chi connectivity index (χ1v) is 6.13. The lowest BCUT2D eigenvalue weighted by molar-refractivity contribution is 0.0690. The molecule has 2 rings (SSSR count). The standard InChI is InChI=1S/C12H17N3O3/c16-5-4-8-2-1-3-9(8)15-11-7-13-10(6-14-11)12(17)18/h6-9,16H,1-5H2,(H,14,15)(H,17,18). The second-order valence-electron chi connectivity index (χ2n) is 4.55. The Kier molecular flexibility index (Phi) is 4.09. The zero-order valence-electron chi connectivity index (χ0n) is 10.0. The number of carbonyl (C=O) groups is 1. The van der Waals surface area contributed by atoms with Crippen molar-refractivity contribution in [3.63, 3.8) is 0 Å². The number of nitrogens with zero attached hydrogens (tertiary/aromatic N) is 2. The monoisotopic (exact) mass is 251 g/mol. The number of carboxylic acids is 1. The van der Waals surface area contributed by atoms with E-state index in [9.17, 15) is 4.79 Å². The molecule has 3 N–H and O–H groups in total. The third-order valence-electron chi connectivity index (χ3n) is 3.36. The number of nitrogens with one attached hydrogen (secondary N) is 1. The highest BCUT2D eigenvalue weighted by atomic mass is 16.4. The van der Waals surface area contributed by atoms with Gasteiger partial charge in [-0.05, 0) is 25.2 Å². The molecule has 6 nitrogen and oxygen atoms in total. The van der Waals surface area contributed by atoms with E-state index in [0.717, 1.165) is 25.7 Å². The van der Waals surface area contributed by atoms with Crippen LogP contribution >= 0.6 is 0 Å². The van der Waals surface area contributed by atoms with Crippen molar-refractivity contribution in [3.8, 4) is 0 Å². The van der Waals surface area contributed by atoms with Gasteiger partial charge in [0.1, 0.15) is 5.82 Å². The van der Waals surface area contributed by atoms with Gasteiger partial charge in [-0.2, -0.15) is 0 Å². The minimum absolute atomic E-state index is 0.0566. The van der Waals surface area contributed by atoms with Crippen molar-refractivity contribution in [2.24, 2.45) is 5.92 Å². The number of hydrogen-bond donors (Lipinski definition) is 3. The van der Waals surface area contributed by atoms with Gasteiger partial charge in [0.15, 0.2) is 5.69 Å². The van der Waals surface area contributed by atoms with E-state index >= 15 is 0 Å². The van der Waals surface area contributed by atoms with E-state index in [0.29, 0.717) is 17.8 Å². The number of anilines is 1. The molecular weight excluding hydrogens is 234 g/mol. The number of hydrogen-bond acceptors (Lipinski definition) is 5. The Bertz CT molecular complexity index is 408. The van der Waals surface area contributed by atoms with E-state index in [-0.39, 0.29) is 12.3 Å². The lowest BCUT2D eigenvalue weighted by Gasteiger charge is -2.20. The fourth-order valence-corrected chi connectivity index (χ4v) is 2.44. The van der Waals surface area contributed by atoms with Gasteiger partial charge >= 0.3 is 5.97 Å². The van der Waals surface area contributed by atoms with Gasteiger partial charge in [0.05, 0.1) is 12.4 Å². The van der Waals surface area contributed by atoms with E-state index in [4.69, 9.17) is 10.2 Å². The molecule has 1 fully saturated rings. The van der Waals surface area contributed by atoms with Gasteiger partial charge in [0, 0.05) is 12.6 Å². The van der Waals surface area contributed by atoms with Crippen LogP contribution in [0.5, 0.6) is 0 Å². The summed E-state index contributed by atoms with van der Waals surface area (Å²) in [4.78, 5) is 18.5. The van der Waals surface area contributed by atoms with Crippen LogP contribution in [0, 0.1) is 5.92 Å². The molecular formula is C12H17N3O3. The first-order chi connectivity index (χ1) is 8.70. The van der Waals surface area contributed by atoms with Crippen LogP contribution in [0.4, 0.5) is 5.82 Å². The number of aromatic nitrogens is 2. The van der Waals surface area contributed by atoms with E-state index in [2.05, 4.69) is 15.3 Å². The maximum Gasteiger partial charge on any atom is 0.356 e. The molecule has 1 aromatic heterocycles. The molecule has 0 spiro atoms. The molecule has 6 heteroatoms. The summed E-state index contributed by atoms with van der Waals surface area (Å²) in [5.74, 6) is -0.0288. The maximum atomic E-state index is 10.6. The SMILES string of the molecule is O=C(O)c1cnc(NC2CCCC2CCO)cn1. The molecule has 0 aliphatic heterocycles. The zero-order chi connectivity index (χ0) is 13.0. The topological polar surface area (TPSA) is 95.3 Å². The minimum atomic E-state index is -1.08. The molecule has 2 atom stereocenters. The van der Waals surface area contributed by atoms with Crippen molar-refractivity contribution >= 4 is 11.8 Å². The fraction of sp³-hybridized carbons (Fsp3) is 0.583. The number of aliphatic hydroxyl groups is 1. The van der Waals surface area contributed by atoms with Gasteiger partial charge in [0.2, 0.25) is 0 Å². The summed E-state index contributed by atoms with van der Waals surface area (Å²) in [5.41, 5.74) is -0.0566. The summed E-state index contributed by atoms with van der Waals surface area (Å²) in [7, 11) is 0. The molecule has 18 heavy (non-hydrogen) atoms. The van der Waals surface area contributed by atoms with Crippen molar-refractivity contribution in [2.45, 2.75) is 31.7 Å². The molecule has 1 aromatic rings. The summed E-state index contributed by atoms with van der Waals surface area (Å²) >= 11 is 0. The predicted molar refractivity (Wildman–Crippen MR) is 65.4 cm³/mol. The van der Waals surface area contributed by atoms with Crippen molar-refractivity contribution in [3.05, 3.63) is 18.1 Å². The highest BCUT2D eigenvalue weighted by Crippen LogP contribution is 2.30. The molecule has 0 radical (unpaired) electrons. The van der Waals surface area contributed by atoms with Gasteiger partial charge in [-0.3, -0.25) is 0 Å². The van der Waals surface area contributed by atoms with Crippen molar-refractivity contribution in [1.29, 1.82) is 0 Å². The third kappa shape index (κ3) is 2.95. The van der Waals surface area contributed by atoms with Crippen LogP contribution < -0.4 is 5.32 Å². The van der Waals surface area contributed by atoms with Crippen LogP contribution in [0.1, 0.15) is 36.2 Å². The normalized spacial score (nSPS) is 22.9. The Morgan fingerprint density at radius 1 is 1.39 bits per heavy atom. The molecule has 98 valence electrons. The summed E-state index contributed by atoms with van der Waals surface area (Å²) in [6.45, 7) is 0.201. The minimum Gasteiger partial charge on any atom is -0.476 e. The van der Waals surface area contributed by atoms with Gasteiger partial charge in [-0.15, -0.1) is 0 Å². The quantitative estimate of drug-likeness (QED) is 0.726. The van der Waals surface area contributed by atoms with Crippen LogP contribution in [-0.4, -0.2) is 38.8 Å². The largest absolute Gasteiger partial charge is 0.476 e. The third-order valence-corrected chi connectivity index (χ3v) is 3.36. The van der Waals surface area contributed by atoms with Gasteiger partial charge < -0.3 is 15.5 Å². The van der Waals surface area contributed by atoms with E-state index in [1.807, 2.05) is 0 Å². The summed E-state index contributed by atoms with van der Waals surface area (Å²) in [6.07, 6.45) is 6.78. The molecule has 1 heterocycles. The smallest absolute Gasteiger partial charge is 0.356 e. The molecule has 1 saturated carbocycles. The van der Waals surface area contributed by atoms with Crippen LogP contribution in [-0.2, 0) is 0 Å². The molecule has 2 unspecified atom stereocenters. The Morgan fingerprint density at radius 2 is 2.22 bits per heavy atom. The number of rotatable bonds is 5. The lowest BCUT2D eigenvalue weighted by Crippen LogP contribution is -2.25. The Morgan fingerprint density at radius 3 is 2.83 bits per heavy atom. The first kappa shape index (κ1) is 12.8. The summed E-state index contributed by atoms with van der Waals surface area (Å²) in [5, 5.41) is 21.0. The number of aliphatic hydroxyl groups excluding tert-OH is 1. The fourth-order valence-electron chi connectivity index (χ4n) is 2.44. The van der Waals surface area contributed by atoms with Gasteiger partial charge in [-0.1, -0.05) is 6.42 Å². The van der Waals surface area contributed by atoms with Crippen molar-refractivity contribution in [2.75, 3.05) is 11.9 Å². The number of carboxylic acid groups (broad SMARTS) is 1. The average molecular weight is 251 g/mol. The average Bonchev–Trinajstić information content (AvgIpc) is 2.78. The second kappa shape index (κ2) is 5.77. The second-order valence-corrected chi connectivity index (χ2v) is 4.55. The van der Waals surface area contributed by atoms with E-state index in [1.54, 1.807) is 0 Å². The molecule has 1 aliphatic carbocycles. The first-order valence-electron chi connectivity index (χ1n) is 6.13. The van der Waals surface area contributed by atoms with E-state index < -0.39 is 5.97 Å². The molecule has 0 amide bonds. The number of aromatic carboxylic acids is 1. The maximum absolute atomic E-state index is 10.6. The van der Waals surface area contributed by atoms with Crippen LogP contribution in [0.2, 0.25) is 0 Å².